The molecule has 0 bridgehead atoms. The zero-order valence-corrected chi connectivity index (χ0v) is 19.9. The lowest BCUT2D eigenvalue weighted by atomic mass is 9.96. The molecule has 0 N–H and O–H groups in total. The number of carbonyl (C=O) groups excluding carboxylic acids is 2. The molecule has 1 aromatic carbocycles. The highest BCUT2D eigenvalue weighted by Gasteiger charge is 2.37. The van der Waals surface area contributed by atoms with E-state index in [4.69, 9.17) is 16.3 Å². The molecule has 0 atom stereocenters. The summed E-state index contributed by atoms with van der Waals surface area (Å²) < 4.78 is 58.3. The summed E-state index contributed by atoms with van der Waals surface area (Å²) in [5.41, 5.74) is 0.489. The quantitative estimate of drug-likeness (QED) is 0.199. The fraction of sp³-hybridized carbons (Fsp3) is 0.227. The zero-order valence-electron chi connectivity index (χ0n) is 19.1. The predicted molar refractivity (Wildman–Crippen MR) is 119 cm³/mol. The van der Waals surface area contributed by atoms with E-state index in [0.29, 0.717) is 10.4 Å². The first-order valence-electron chi connectivity index (χ1n) is 10.4. The standard InChI is InChI=1S/C22H16ClF4N7O3/c1-11-6-12(24)7-15(20(36)37-2)14(11)9-18(35)17-8-13(10-33-31-21(29-32-33)22(25,26)27)30-34(17)19-16(23)4-3-5-28-19/h3-8H,9-10H2,1-2H3. The molecule has 4 aromatic rings. The summed E-state index contributed by atoms with van der Waals surface area (Å²) in [5.74, 6) is -3.43. The van der Waals surface area contributed by atoms with E-state index in [1.54, 1.807) is 6.07 Å². The molecule has 0 aliphatic heterocycles. The van der Waals surface area contributed by atoms with Crippen molar-refractivity contribution in [1.82, 2.24) is 35.0 Å². The summed E-state index contributed by atoms with van der Waals surface area (Å²) in [6, 6.07) is 6.50. The summed E-state index contributed by atoms with van der Waals surface area (Å²) in [4.78, 5) is 30.5. The van der Waals surface area contributed by atoms with Crippen molar-refractivity contribution in [3.63, 3.8) is 0 Å². The van der Waals surface area contributed by atoms with E-state index in [1.807, 2.05) is 0 Å². The van der Waals surface area contributed by atoms with Crippen molar-refractivity contribution in [1.29, 1.82) is 0 Å². The van der Waals surface area contributed by atoms with Gasteiger partial charge in [0.05, 0.1) is 23.4 Å². The summed E-state index contributed by atoms with van der Waals surface area (Å²) in [6.07, 6.45) is -3.73. The van der Waals surface area contributed by atoms with Gasteiger partial charge in [-0.05, 0) is 53.6 Å². The van der Waals surface area contributed by atoms with Crippen LogP contribution in [0.2, 0.25) is 5.02 Å². The maximum absolute atomic E-state index is 14.0. The Morgan fingerprint density at radius 1 is 1.16 bits per heavy atom. The summed E-state index contributed by atoms with van der Waals surface area (Å²) in [5, 5.41) is 14.0. The van der Waals surface area contributed by atoms with Crippen LogP contribution in [0, 0.1) is 12.7 Å². The smallest absolute Gasteiger partial charge is 0.455 e. The van der Waals surface area contributed by atoms with Crippen molar-refractivity contribution >= 4 is 23.4 Å². The third-order valence-corrected chi connectivity index (χ3v) is 5.47. The molecule has 0 aliphatic carbocycles. The SMILES string of the molecule is COC(=O)c1cc(F)cc(C)c1CC(=O)c1cc(Cn2nnc(C(F)(F)F)n2)nn1-c1ncccc1Cl. The third-order valence-electron chi connectivity index (χ3n) is 5.18. The minimum Gasteiger partial charge on any atom is -0.465 e. The van der Waals surface area contributed by atoms with Gasteiger partial charge >= 0.3 is 12.1 Å². The van der Waals surface area contributed by atoms with Crippen LogP contribution in [0.4, 0.5) is 17.6 Å². The zero-order chi connectivity index (χ0) is 26.9. The van der Waals surface area contributed by atoms with Gasteiger partial charge in [-0.15, -0.1) is 10.2 Å². The molecular formula is C22H16ClF4N7O3. The second kappa shape index (κ2) is 10.0. The number of tetrazole rings is 1. The topological polar surface area (TPSA) is 118 Å². The number of Topliss-reactive ketones (excluding diaryl/α,β-unsaturated/α-hetero) is 1. The van der Waals surface area contributed by atoms with Crippen LogP contribution in [0.5, 0.6) is 0 Å². The second-order valence-electron chi connectivity index (χ2n) is 7.72. The fourth-order valence-electron chi connectivity index (χ4n) is 3.52. The molecule has 0 saturated heterocycles. The number of pyridine rings is 1. The average Bonchev–Trinajstić information content (AvgIpc) is 3.48. The van der Waals surface area contributed by atoms with Gasteiger partial charge in [-0.2, -0.15) is 23.1 Å². The monoisotopic (exact) mass is 537 g/mol. The Morgan fingerprint density at radius 2 is 1.92 bits per heavy atom. The maximum atomic E-state index is 14.0. The van der Waals surface area contributed by atoms with Crippen LogP contribution in [0.15, 0.2) is 36.5 Å². The summed E-state index contributed by atoms with van der Waals surface area (Å²) >= 11 is 6.24. The van der Waals surface area contributed by atoms with E-state index in [2.05, 4.69) is 25.5 Å². The number of halogens is 5. The number of ether oxygens (including phenoxy) is 1. The van der Waals surface area contributed by atoms with Gasteiger partial charge in [0, 0.05) is 12.6 Å². The number of esters is 1. The van der Waals surface area contributed by atoms with Crippen molar-refractivity contribution in [2.24, 2.45) is 0 Å². The molecule has 4 rings (SSSR count). The van der Waals surface area contributed by atoms with E-state index in [9.17, 15) is 27.2 Å². The number of alkyl halides is 3. The average molecular weight is 538 g/mol. The number of ketones is 1. The first kappa shape index (κ1) is 25.9. The Kier molecular flexibility index (Phi) is 7.03. The lowest BCUT2D eigenvalue weighted by Gasteiger charge is -2.12. The van der Waals surface area contributed by atoms with Gasteiger partial charge in [0.1, 0.15) is 18.1 Å². The number of aryl methyl sites for hydroxylation is 1. The van der Waals surface area contributed by atoms with Gasteiger partial charge in [-0.3, -0.25) is 4.79 Å². The first-order valence-corrected chi connectivity index (χ1v) is 10.8. The highest BCUT2D eigenvalue weighted by molar-refractivity contribution is 6.32. The lowest BCUT2D eigenvalue weighted by molar-refractivity contribution is -0.145. The fourth-order valence-corrected chi connectivity index (χ4v) is 3.72. The van der Waals surface area contributed by atoms with Crippen molar-refractivity contribution in [2.75, 3.05) is 7.11 Å². The predicted octanol–water partition coefficient (Wildman–Crippen LogP) is 3.63. The van der Waals surface area contributed by atoms with Gasteiger partial charge in [0.15, 0.2) is 11.6 Å². The van der Waals surface area contributed by atoms with Crippen LogP contribution in [0.25, 0.3) is 5.82 Å². The number of hydrogen-bond acceptors (Lipinski definition) is 8. The molecule has 0 spiro atoms. The molecular weight excluding hydrogens is 522 g/mol. The van der Waals surface area contributed by atoms with Crippen molar-refractivity contribution < 1.29 is 31.9 Å². The highest BCUT2D eigenvalue weighted by atomic mass is 35.5. The summed E-state index contributed by atoms with van der Waals surface area (Å²) in [7, 11) is 1.13. The highest BCUT2D eigenvalue weighted by Crippen LogP contribution is 2.26. The largest absolute Gasteiger partial charge is 0.465 e. The molecule has 0 aliphatic rings. The Hall–Kier alpha value is -4.20. The molecule has 0 saturated carbocycles. The molecule has 0 amide bonds. The Labute approximate surface area is 210 Å². The van der Waals surface area contributed by atoms with Crippen molar-refractivity contribution in [3.05, 3.63) is 81.3 Å². The van der Waals surface area contributed by atoms with Crippen LogP contribution >= 0.6 is 11.6 Å². The Bertz CT molecular complexity index is 1500. The van der Waals surface area contributed by atoms with E-state index >= 15 is 0 Å². The minimum atomic E-state index is -4.79. The first-order chi connectivity index (χ1) is 17.5. The van der Waals surface area contributed by atoms with Gasteiger partial charge in [0.2, 0.25) is 0 Å². The summed E-state index contributed by atoms with van der Waals surface area (Å²) in [6.45, 7) is 1.18. The number of rotatable bonds is 7. The van der Waals surface area contributed by atoms with Crippen LogP contribution in [0.1, 0.15) is 43.5 Å². The molecule has 37 heavy (non-hydrogen) atoms. The molecule has 0 radical (unpaired) electrons. The number of nitrogens with zero attached hydrogens (tertiary/aromatic N) is 7. The second-order valence-corrected chi connectivity index (χ2v) is 8.13. The minimum absolute atomic E-state index is 0.0497. The molecule has 15 heteroatoms. The normalized spacial score (nSPS) is 11.5. The van der Waals surface area contributed by atoms with Crippen LogP contribution in [-0.2, 0) is 23.9 Å². The van der Waals surface area contributed by atoms with E-state index in [-0.39, 0.29) is 46.3 Å². The van der Waals surface area contributed by atoms with Gasteiger partial charge in [0.25, 0.3) is 5.82 Å². The van der Waals surface area contributed by atoms with Gasteiger partial charge in [-0.1, -0.05) is 11.6 Å². The molecule has 3 heterocycles. The van der Waals surface area contributed by atoms with Crippen molar-refractivity contribution in [2.45, 2.75) is 26.1 Å². The molecule has 0 fully saturated rings. The number of carbonyl (C=O) groups is 2. The van der Waals surface area contributed by atoms with E-state index in [0.717, 1.165) is 17.9 Å². The number of benzene rings is 1. The molecule has 192 valence electrons. The van der Waals surface area contributed by atoms with Crippen molar-refractivity contribution in [3.8, 4) is 5.82 Å². The Morgan fingerprint density at radius 3 is 2.57 bits per heavy atom. The number of hydrogen-bond donors (Lipinski definition) is 0. The lowest BCUT2D eigenvalue weighted by Crippen LogP contribution is -2.16. The molecule has 3 aromatic heterocycles. The third kappa shape index (κ3) is 5.48. The van der Waals surface area contributed by atoms with Crippen LogP contribution in [-0.4, -0.2) is 53.8 Å². The van der Waals surface area contributed by atoms with E-state index in [1.165, 1.54) is 31.3 Å². The van der Waals surface area contributed by atoms with Crippen LogP contribution in [0.3, 0.4) is 0 Å². The van der Waals surface area contributed by atoms with Gasteiger partial charge < -0.3 is 4.74 Å². The number of methoxy groups -OCH3 is 1. The Balaban J connectivity index is 1.75. The maximum Gasteiger partial charge on any atom is 0.455 e. The molecule has 0 unspecified atom stereocenters. The molecule has 10 nitrogen and oxygen atoms in total. The van der Waals surface area contributed by atoms with Gasteiger partial charge in [-0.25, -0.2) is 18.9 Å². The van der Waals surface area contributed by atoms with E-state index < -0.39 is 29.6 Å². The number of aromatic nitrogens is 7. The van der Waals surface area contributed by atoms with Crippen LogP contribution < -0.4 is 0 Å².